The molecule has 0 radical (unpaired) electrons. The Morgan fingerprint density at radius 1 is 0.688 bits per heavy atom. The Hall–Kier alpha value is -1.41. The number of phenols is 2. The van der Waals surface area contributed by atoms with Crippen LogP contribution < -0.4 is 0 Å². The van der Waals surface area contributed by atoms with Crippen LogP contribution in [0.2, 0.25) is 0 Å². The first-order chi connectivity index (χ1) is 15.2. The van der Waals surface area contributed by atoms with E-state index in [4.69, 9.17) is 11.6 Å². The van der Waals surface area contributed by atoms with Crippen molar-refractivity contribution in [3.8, 4) is 11.5 Å². The van der Waals surface area contributed by atoms with Gasteiger partial charge in [-0.05, 0) is 79.0 Å². The second-order valence-electron chi connectivity index (χ2n) is 8.89. The Bertz CT molecular complexity index is 749. The molecule has 2 N–H and O–H groups in total. The fraction of sp³-hybridized carbons (Fsp3) is 0.500. The number of benzene rings is 2. The minimum absolute atomic E-state index is 0. The van der Waals surface area contributed by atoms with E-state index in [9.17, 15) is 10.2 Å². The molecule has 0 unspecified atom stereocenters. The standard InChI is InChI=1S/C23H27ClO2.C5H10.Fe/c24-16-4-3-7-22(17-5-1-2-6-17)23(18-8-12-20(25)13-9-18)19-10-14-21(26)15-11-19;1-2-4-5-3-1;/h8-15,17,25-26H,1-7,16H2;1-5H2;. The quantitative estimate of drug-likeness (QED) is 0.229. The minimum Gasteiger partial charge on any atom is -0.508 e. The normalized spacial score (nSPS) is 15.5. The number of alkyl halides is 1. The zero-order valence-corrected chi connectivity index (χ0v) is 20.9. The average molecular weight is 497 g/mol. The van der Waals surface area contributed by atoms with Gasteiger partial charge in [-0.1, -0.05) is 74.8 Å². The number of unbranched alkanes of at least 4 members (excludes halogenated alkanes) is 1. The van der Waals surface area contributed by atoms with Gasteiger partial charge in [0, 0.05) is 22.9 Å². The number of hydrogen-bond donors (Lipinski definition) is 2. The summed E-state index contributed by atoms with van der Waals surface area (Å²) in [5.74, 6) is 1.88. The maximum absolute atomic E-state index is 9.71. The van der Waals surface area contributed by atoms with Crippen molar-refractivity contribution >= 4 is 17.2 Å². The Morgan fingerprint density at radius 3 is 1.53 bits per heavy atom. The van der Waals surface area contributed by atoms with Crippen LogP contribution in [0.1, 0.15) is 88.2 Å². The number of allylic oxidation sites excluding steroid dienone is 1. The zero-order valence-electron chi connectivity index (χ0n) is 19.0. The van der Waals surface area contributed by atoms with Gasteiger partial charge in [-0.2, -0.15) is 0 Å². The van der Waals surface area contributed by atoms with Crippen LogP contribution in [-0.4, -0.2) is 16.1 Å². The van der Waals surface area contributed by atoms with Crippen molar-refractivity contribution in [1.29, 1.82) is 0 Å². The van der Waals surface area contributed by atoms with Gasteiger partial charge in [0.15, 0.2) is 0 Å². The molecule has 2 aromatic carbocycles. The number of phenolic OH excluding ortho intramolecular Hbond substituents is 2. The van der Waals surface area contributed by atoms with Gasteiger partial charge < -0.3 is 10.2 Å². The second-order valence-corrected chi connectivity index (χ2v) is 9.27. The summed E-state index contributed by atoms with van der Waals surface area (Å²) in [6, 6.07) is 15.0. The summed E-state index contributed by atoms with van der Waals surface area (Å²) in [6.07, 6.45) is 15.7. The van der Waals surface area contributed by atoms with E-state index in [1.165, 1.54) is 68.9 Å². The van der Waals surface area contributed by atoms with Crippen molar-refractivity contribution in [3.05, 3.63) is 65.2 Å². The van der Waals surface area contributed by atoms with Crippen LogP contribution in [0.5, 0.6) is 11.5 Å². The molecule has 0 aliphatic heterocycles. The van der Waals surface area contributed by atoms with Gasteiger partial charge in [-0.15, -0.1) is 11.6 Å². The van der Waals surface area contributed by atoms with Crippen molar-refractivity contribution in [3.63, 3.8) is 0 Å². The van der Waals surface area contributed by atoms with E-state index < -0.39 is 0 Å². The summed E-state index contributed by atoms with van der Waals surface area (Å²) < 4.78 is 0. The molecule has 2 aliphatic rings. The summed E-state index contributed by atoms with van der Waals surface area (Å²) in [4.78, 5) is 0. The van der Waals surface area contributed by atoms with E-state index in [-0.39, 0.29) is 28.6 Å². The summed E-state index contributed by atoms with van der Waals surface area (Å²) in [5, 5.41) is 19.4. The minimum atomic E-state index is 0. The number of rotatable bonds is 7. The van der Waals surface area contributed by atoms with Crippen LogP contribution >= 0.6 is 11.6 Å². The molecule has 176 valence electrons. The van der Waals surface area contributed by atoms with Gasteiger partial charge in [-0.25, -0.2) is 0 Å². The van der Waals surface area contributed by atoms with Crippen molar-refractivity contribution in [2.75, 3.05) is 5.88 Å². The summed E-state index contributed by atoms with van der Waals surface area (Å²) >= 11 is 5.92. The third kappa shape index (κ3) is 8.18. The molecule has 32 heavy (non-hydrogen) atoms. The molecule has 0 bridgehead atoms. The fourth-order valence-corrected chi connectivity index (χ4v) is 5.08. The molecule has 0 amide bonds. The predicted molar refractivity (Wildman–Crippen MR) is 132 cm³/mol. The Morgan fingerprint density at radius 2 is 1.12 bits per heavy atom. The summed E-state index contributed by atoms with van der Waals surface area (Å²) in [6.45, 7) is 0. The van der Waals surface area contributed by atoms with E-state index >= 15 is 0 Å². The van der Waals surface area contributed by atoms with Crippen LogP contribution in [0.3, 0.4) is 0 Å². The van der Waals surface area contributed by atoms with E-state index in [0.29, 0.717) is 11.8 Å². The van der Waals surface area contributed by atoms with Gasteiger partial charge in [-0.3, -0.25) is 0 Å². The van der Waals surface area contributed by atoms with Crippen molar-refractivity contribution < 1.29 is 27.3 Å². The molecule has 2 aliphatic carbocycles. The zero-order chi connectivity index (χ0) is 21.9. The fourth-order valence-electron chi connectivity index (χ4n) is 4.89. The number of aromatic hydroxyl groups is 2. The van der Waals surface area contributed by atoms with Crippen LogP contribution in [0.4, 0.5) is 0 Å². The van der Waals surface area contributed by atoms with Gasteiger partial charge in [0.1, 0.15) is 11.5 Å². The van der Waals surface area contributed by atoms with E-state index in [0.717, 1.165) is 30.4 Å². The first-order valence-electron chi connectivity index (χ1n) is 12.1. The smallest absolute Gasteiger partial charge is 0.115 e. The SMILES string of the molecule is C1CCCC1.Oc1ccc(C(=C(CCCCCl)C2CCCC2)c2ccc(O)cc2)cc1.[Fe]. The summed E-state index contributed by atoms with van der Waals surface area (Å²) in [7, 11) is 0. The molecule has 0 aromatic heterocycles. The molecule has 0 saturated heterocycles. The Kier molecular flexibility index (Phi) is 12.3. The third-order valence-electron chi connectivity index (χ3n) is 6.56. The largest absolute Gasteiger partial charge is 0.508 e. The maximum atomic E-state index is 9.71. The van der Waals surface area contributed by atoms with Crippen molar-refractivity contribution in [2.45, 2.75) is 77.0 Å². The monoisotopic (exact) mass is 496 g/mol. The molecule has 4 heteroatoms. The van der Waals surface area contributed by atoms with E-state index in [1.807, 2.05) is 24.3 Å². The molecule has 0 atom stereocenters. The number of hydrogen-bond acceptors (Lipinski definition) is 2. The summed E-state index contributed by atoms with van der Waals surface area (Å²) in [5.41, 5.74) is 5.01. The molecule has 2 saturated carbocycles. The van der Waals surface area contributed by atoms with Gasteiger partial charge in [0.2, 0.25) is 0 Å². The Labute approximate surface area is 209 Å². The van der Waals surface area contributed by atoms with Crippen LogP contribution in [0.15, 0.2) is 54.1 Å². The molecule has 4 rings (SSSR count). The average Bonchev–Trinajstić information content (AvgIpc) is 3.52. The number of halogens is 1. The predicted octanol–water partition coefficient (Wildman–Crippen LogP) is 8.45. The maximum Gasteiger partial charge on any atom is 0.115 e. The van der Waals surface area contributed by atoms with Gasteiger partial charge in [0.05, 0.1) is 0 Å². The third-order valence-corrected chi connectivity index (χ3v) is 6.83. The second kappa shape index (κ2) is 14.7. The first-order valence-corrected chi connectivity index (χ1v) is 12.6. The van der Waals surface area contributed by atoms with E-state index in [1.54, 1.807) is 24.3 Å². The molecular formula is C28H37ClFeO2. The first kappa shape index (κ1) is 26.8. The van der Waals surface area contributed by atoms with Crippen LogP contribution in [0, 0.1) is 5.92 Å². The molecule has 2 nitrogen and oxygen atoms in total. The van der Waals surface area contributed by atoms with Crippen molar-refractivity contribution in [2.24, 2.45) is 5.92 Å². The molecule has 0 heterocycles. The van der Waals surface area contributed by atoms with Crippen LogP contribution in [0.25, 0.3) is 5.57 Å². The molecule has 0 spiro atoms. The molecular weight excluding hydrogens is 460 g/mol. The van der Waals surface area contributed by atoms with Crippen LogP contribution in [-0.2, 0) is 17.1 Å². The topological polar surface area (TPSA) is 40.5 Å². The molecule has 2 fully saturated rings. The Balaban J connectivity index is 0.000000534. The van der Waals surface area contributed by atoms with E-state index in [2.05, 4.69) is 0 Å². The van der Waals surface area contributed by atoms with Gasteiger partial charge >= 0.3 is 0 Å². The van der Waals surface area contributed by atoms with Gasteiger partial charge in [0.25, 0.3) is 0 Å². The van der Waals surface area contributed by atoms with Crippen molar-refractivity contribution in [1.82, 2.24) is 0 Å². The molecule has 2 aromatic rings.